The topological polar surface area (TPSA) is 64.0 Å². The Kier molecular flexibility index (Phi) is 5.61. The van der Waals surface area contributed by atoms with Crippen molar-refractivity contribution in [1.82, 2.24) is 9.55 Å². The van der Waals surface area contributed by atoms with Gasteiger partial charge in [0.15, 0.2) is 5.16 Å². The number of benzene rings is 2. The van der Waals surface area contributed by atoms with Crippen LogP contribution in [0.5, 0.6) is 0 Å². The van der Waals surface area contributed by atoms with Crippen LogP contribution in [0.2, 0.25) is 0 Å². The standard InChI is InChI=1S/C22H20BrN3O2S/c1-13-6-3-4-7-15(13)12-29-22-25-21(28)19-17(14-8-5-9-16(23)10-14)11-18(27)24-20(19)26(22)2/h3-10,17H,11-12H2,1-2H3,(H,24,27). The van der Waals surface area contributed by atoms with Crippen LogP contribution in [0.25, 0.3) is 0 Å². The zero-order valence-electron chi connectivity index (χ0n) is 16.1. The van der Waals surface area contributed by atoms with Crippen molar-refractivity contribution in [2.75, 3.05) is 5.32 Å². The lowest BCUT2D eigenvalue weighted by molar-refractivity contribution is -0.116. The Morgan fingerprint density at radius 2 is 2.00 bits per heavy atom. The third kappa shape index (κ3) is 4.02. The minimum atomic E-state index is -0.308. The molecule has 1 amide bonds. The van der Waals surface area contributed by atoms with Crippen molar-refractivity contribution >= 4 is 39.4 Å². The average molecular weight is 470 g/mol. The van der Waals surface area contributed by atoms with Crippen molar-refractivity contribution in [3.05, 3.63) is 85.6 Å². The highest BCUT2D eigenvalue weighted by Crippen LogP contribution is 2.36. The summed E-state index contributed by atoms with van der Waals surface area (Å²) in [5, 5.41) is 3.48. The first kappa shape index (κ1) is 19.9. The molecular formula is C22H20BrN3O2S. The molecule has 2 heterocycles. The van der Waals surface area contributed by atoms with E-state index in [9.17, 15) is 9.59 Å². The first-order chi connectivity index (χ1) is 13.9. The van der Waals surface area contributed by atoms with Crippen LogP contribution in [0.15, 0.2) is 63.0 Å². The molecule has 1 aromatic heterocycles. The normalized spacial score (nSPS) is 15.7. The van der Waals surface area contributed by atoms with Gasteiger partial charge >= 0.3 is 0 Å². The molecule has 1 atom stereocenters. The summed E-state index contributed by atoms with van der Waals surface area (Å²) in [6.45, 7) is 2.07. The Hall–Kier alpha value is -2.38. The largest absolute Gasteiger partial charge is 0.312 e. The van der Waals surface area contributed by atoms with Gasteiger partial charge < -0.3 is 9.88 Å². The maximum Gasteiger partial charge on any atom is 0.279 e. The van der Waals surface area contributed by atoms with Gasteiger partial charge in [0.25, 0.3) is 5.56 Å². The lowest BCUT2D eigenvalue weighted by atomic mass is 9.87. The molecule has 29 heavy (non-hydrogen) atoms. The van der Waals surface area contributed by atoms with Crippen LogP contribution >= 0.6 is 27.7 Å². The predicted molar refractivity (Wildman–Crippen MR) is 119 cm³/mol. The number of aryl methyl sites for hydroxylation is 1. The number of hydrogen-bond acceptors (Lipinski definition) is 4. The lowest BCUT2D eigenvalue weighted by Gasteiger charge is -2.27. The summed E-state index contributed by atoms with van der Waals surface area (Å²) >= 11 is 4.97. The van der Waals surface area contributed by atoms with E-state index in [0.29, 0.717) is 22.3 Å². The summed E-state index contributed by atoms with van der Waals surface area (Å²) in [6.07, 6.45) is 0.232. The SMILES string of the molecule is Cc1ccccc1CSc1nc(=O)c2c(n1C)NC(=O)CC2c1cccc(Br)c1. The van der Waals surface area contributed by atoms with Crippen molar-refractivity contribution in [2.24, 2.45) is 7.05 Å². The molecule has 0 spiro atoms. The number of rotatable bonds is 4. The average Bonchev–Trinajstić information content (AvgIpc) is 2.70. The van der Waals surface area contributed by atoms with E-state index in [4.69, 9.17) is 0 Å². The van der Waals surface area contributed by atoms with E-state index >= 15 is 0 Å². The van der Waals surface area contributed by atoms with Gasteiger partial charge in [0.1, 0.15) is 5.82 Å². The molecule has 1 aliphatic rings. The number of carbonyl (C=O) groups excluding carboxylic acids is 1. The number of fused-ring (bicyclic) bond motifs is 1. The predicted octanol–water partition coefficient (Wildman–Crippen LogP) is 4.62. The number of halogens is 1. The van der Waals surface area contributed by atoms with E-state index in [1.165, 1.54) is 22.9 Å². The Bertz CT molecular complexity index is 1160. The third-order valence-electron chi connectivity index (χ3n) is 5.17. The van der Waals surface area contributed by atoms with Crippen molar-refractivity contribution in [3.63, 3.8) is 0 Å². The molecule has 0 fully saturated rings. The first-order valence-corrected chi connectivity index (χ1v) is 11.1. The number of anilines is 1. The summed E-state index contributed by atoms with van der Waals surface area (Å²) in [7, 11) is 1.84. The Labute approximate surface area is 181 Å². The number of hydrogen-bond donors (Lipinski definition) is 1. The van der Waals surface area contributed by atoms with E-state index < -0.39 is 0 Å². The van der Waals surface area contributed by atoms with Gasteiger partial charge in [0.2, 0.25) is 5.91 Å². The second-order valence-electron chi connectivity index (χ2n) is 7.10. The van der Waals surface area contributed by atoms with Crippen LogP contribution in [0, 0.1) is 6.92 Å². The molecule has 0 aliphatic carbocycles. The van der Waals surface area contributed by atoms with Gasteiger partial charge in [-0.2, -0.15) is 4.98 Å². The van der Waals surface area contributed by atoms with E-state index in [0.717, 1.165) is 10.0 Å². The Morgan fingerprint density at radius 3 is 2.76 bits per heavy atom. The van der Waals surface area contributed by atoms with Crippen molar-refractivity contribution in [2.45, 2.75) is 30.2 Å². The molecule has 0 saturated heterocycles. The number of nitrogens with one attached hydrogen (secondary N) is 1. The fourth-order valence-electron chi connectivity index (χ4n) is 3.59. The Morgan fingerprint density at radius 1 is 1.21 bits per heavy atom. The van der Waals surface area contributed by atoms with E-state index in [1.54, 1.807) is 0 Å². The maximum absolute atomic E-state index is 13.0. The minimum Gasteiger partial charge on any atom is -0.312 e. The number of amides is 1. The van der Waals surface area contributed by atoms with Gasteiger partial charge in [-0.15, -0.1) is 0 Å². The summed E-state index contributed by atoms with van der Waals surface area (Å²) in [6, 6.07) is 15.9. The molecule has 2 aromatic carbocycles. The highest BCUT2D eigenvalue weighted by molar-refractivity contribution is 9.10. The molecule has 4 rings (SSSR count). The molecule has 5 nitrogen and oxygen atoms in total. The monoisotopic (exact) mass is 469 g/mol. The first-order valence-electron chi connectivity index (χ1n) is 9.27. The fraction of sp³-hybridized carbons (Fsp3) is 0.227. The molecule has 148 valence electrons. The van der Waals surface area contributed by atoms with E-state index in [1.807, 2.05) is 48.0 Å². The van der Waals surface area contributed by atoms with E-state index in [2.05, 4.69) is 45.3 Å². The summed E-state index contributed by atoms with van der Waals surface area (Å²) < 4.78 is 2.74. The summed E-state index contributed by atoms with van der Waals surface area (Å²) in [5.74, 6) is 0.837. The highest BCUT2D eigenvalue weighted by Gasteiger charge is 2.32. The molecule has 0 saturated carbocycles. The second kappa shape index (κ2) is 8.16. The molecule has 1 aliphatic heterocycles. The number of carbonyl (C=O) groups is 1. The van der Waals surface area contributed by atoms with Gasteiger partial charge in [-0.3, -0.25) is 9.59 Å². The summed E-state index contributed by atoms with van der Waals surface area (Å²) in [5.41, 5.74) is 3.59. The van der Waals surface area contributed by atoms with Crippen LogP contribution < -0.4 is 10.9 Å². The second-order valence-corrected chi connectivity index (χ2v) is 8.95. The van der Waals surface area contributed by atoms with Gasteiger partial charge in [-0.25, -0.2) is 0 Å². The molecule has 0 bridgehead atoms. The smallest absolute Gasteiger partial charge is 0.279 e. The van der Waals surface area contributed by atoms with Crippen LogP contribution in [0.3, 0.4) is 0 Å². The minimum absolute atomic E-state index is 0.0986. The lowest BCUT2D eigenvalue weighted by Crippen LogP contribution is -2.33. The molecule has 0 radical (unpaired) electrons. The maximum atomic E-state index is 13.0. The van der Waals surface area contributed by atoms with Crippen LogP contribution in [0.4, 0.5) is 5.82 Å². The zero-order chi connectivity index (χ0) is 20.5. The van der Waals surface area contributed by atoms with E-state index in [-0.39, 0.29) is 23.8 Å². The fourth-order valence-corrected chi connectivity index (χ4v) is 5.04. The molecule has 7 heteroatoms. The number of thioether (sulfide) groups is 1. The molecule has 1 N–H and O–H groups in total. The zero-order valence-corrected chi connectivity index (χ0v) is 18.5. The van der Waals surface area contributed by atoms with Gasteiger partial charge in [-0.1, -0.05) is 64.1 Å². The Balaban J connectivity index is 1.73. The summed E-state index contributed by atoms with van der Waals surface area (Å²) in [4.78, 5) is 29.8. The van der Waals surface area contributed by atoms with Gasteiger partial charge in [0, 0.05) is 29.6 Å². The van der Waals surface area contributed by atoms with Crippen LogP contribution in [-0.4, -0.2) is 15.5 Å². The van der Waals surface area contributed by atoms with Crippen molar-refractivity contribution in [1.29, 1.82) is 0 Å². The molecule has 3 aromatic rings. The van der Waals surface area contributed by atoms with Gasteiger partial charge in [-0.05, 0) is 35.7 Å². The molecular weight excluding hydrogens is 450 g/mol. The van der Waals surface area contributed by atoms with Crippen LogP contribution in [0.1, 0.15) is 34.6 Å². The van der Waals surface area contributed by atoms with Crippen LogP contribution in [-0.2, 0) is 17.6 Å². The van der Waals surface area contributed by atoms with Crippen molar-refractivity contribution in [3.8, 4) is 0 Å². The van der Waals surface area contributed by atoms with Crippen molar-refractivity contribution < 1.29 is 4.79 Å². The number of nitrogens with zero attached hydrogens (tertiary/aromatic N) is 2. The molecule has 1 unspecified atom stereocenters. The van der Waals surface area contributed by atoms with Gasteiger partial charge in [0.05, 0.1) is 5.56 Å². The quantitative estimate of drug-likeness (QED) is 0.447. The third-order valence-corrected chi connectivity index (χ3v) is 6.74. The number of aromatic nitrogens is 2. The highest BCUT2D eigenvalue weighted by atomic mass is 79.9.